The number of benzene rings is 2. The van der Waals surface area contributed by atoms with Gasteiger partial charge in [-0.15, -0.1) is 0 Å². The van der Waals surface area contributed by atoms with Gasteiger partial charge in [0.1, 0.15) is 11.8 Å². The molecule has 0 aliphatic carbocycles. The Morgan fingerprint density at radius 3 is 2.43 bits per heavy atom. The van der Waals surface area contributed by atoms with Gasteiger partial charge in [-0.05, 0) is 37.1 Å². The number of nitrogens with zero attached hydrogens (tertiary/aromatic N) is 3. The minimum atomic E-state index is -3.51. The summed E-state index contributed by atoms with van der Waals surface area (Å²) in [5.74, 6) is 0. The molecule has 3 aromatic rings. The Morgan fingerprint density at radius 2 is 1.71 bits per heavy atom. The molecule has 4 rings (SSSR count). The van der Waals surface area contributed by atoms with E-state index in [0.29, 0.717) is 31.6 Å². The number of nitrogens with one attached hydrogen (secondary N) is 1. The van der Waals surface area contributed by atoms with Gasteiger partial charge in [0.2, 0.25) is 10.0 Å². The maximum atomic E-state index is 12.5. The Kier molecular flexibility index (Phi) is 4.99. The van der Waals surface area contributed by atoms with Crippen molar-refractivity contribution in [3.8, 4) is 6.07 Å². The normalized spacial score (nSPS) is 15.5. The number of fused-ring (bicyclic) bond motifs is 1. The molecule has 28 heavy (non-hydrogen) atoms. The van der Waals surface area contributed by atoms with Gasteiger partial charge in [0.25, 0.3) is 0 Å². The highest BCUT2D eigenvalue weighted by molar-refractivity contribution is 7.89. The monoisotopic (exact) mass is 392 g/mol. The van der Waals surface area contributed by atoms with E-state index in [1.165, 1.54) is 0 Å². The van der Waals surface area contributed by atoms with E-state index >= 15 is 0 Å². The first-order valence-electron chi connectivity index (χ1n) is 9.19. The summed E-state index contributed by atoms with van der Waals surface area (Å²) < 4.78 is 27.9. The van der Waals surface area contributed by atoms with Crippen molar-refractivity contribution < 1.29 is 8.42 Å². The molecule has 0 spiro atoms. The predicted molar refractivity (Wildman–Crippen MR) is 108 cm³/mol. The summed E-state index contributed by atoms with van der Waals surface area (Å²) in [4.78, 5) is 6.86. The Morgan fingerprint density at radius 1 is 1.04 bits per heavy atom. The summed E-state index contributed by atoms with van der Waals surface area (Å²) in [5, 5.41) is 10.3. The van der Waals surface area contributed by atoms with Crippen LogP contribution in [0.2, 0.25) is 0 Å². The molecule has 0 bridgehead atoms. The minimum absolute atomic E-state index is 0.106. The average Bonchev–Trinajstić information content (AvgIpc) is 2.74. The SMILES string of the molecule is N#Cc1cc(N2CCC(NS(=O)(=O)c3ccccc3)CC2)c2ccccc2n1. The van der Waals surface area contributed by atoms with Crippen molar-refractivity contribution >= 4 is 26.6 Å². The molecule has 2 aromatic carbocycles. The lowest BCUT2D eigenvalue weighted by molar-refractivity contribution is 0.460. The molecule has 0 unspecified atom stereocenters. The van der Waals surface area contributed by atoms with Crippen LogP contribution in [0.4, 0.5) is 5.69 Å². The molecule has 0 atom stereocenters. The van der Waals surface area contributed by atoms with E-state index in [-0.39, 0.29) is 10.9 Å². The first-order chi connectivity index (χ1) is 13.6. The predicted octanol–water partition coefficient (Wildman–Crippen LogP) is 3.05. The quantitative estimate of drug-likeness (QED) is 0.737. The Hall–Kier alpha value is -2.95. The molecule has 2 heterocycles. The van der Waals surface area contributed by atoms with Crippen molar-refractivity contribution in [1.29, 1.82) is 5.26 Å². The van der Waals surface area contributed by atoms with Gasteiger partial charge < -0.3 is 4.90 Å². The van der Waals surface area contributed by atoms with Crippen LogP contribution in [0.25, 0.3) is 10.9 Å². The number of pyridine rings is 1. The van der Waals surface area contributed by atoms with Crippen LogP contribution in [0.1, 0.15) is 18.5 Å². The average molecular weight is 392 g/mol. The van der Waals surface area contributed by atoms with Crippen molar-refractivity contribution in [2.45, 2.75) is 23.8 Å². The van der Waals surface area contributed by atoms with Crippen molar-refractivity contribution in [2.24, 2.45) is 0 Å². The van der Waals surface area contributed by atoms with Crippen LogP contribution < -0.4 is 9.62 Å². The van der Waals surface area contributed by atoms with E-state index in [1.807, 2.05) is 30.3 Å². The van der Waals surface area contributed by atoms with Crippen molar-refractivity contribution in [3.63, 3.8) is 0 Å². The van der Waals surface area contributed by atoms with Crippen LogP contribution in [0.15, 0.2) is 65.6 Å². The van der Waals surface area contributed by atoms with Gasteiger partial charge in [0, 0.05) is 30.2 Å². The fourth-order valence-electron chi connectivity index (χ4n) is 3.60. The number of piperidine rings is 1. The zero-order valence-corrected chi connectivity index (χ0v) is 16.1. The minimum Gasteiger partial charge on any atom is -0.371 e. The number of hydrogen-bond donors (Lipinski definition) is 1. The molecule has 1 fully saturated rings. The van der Waals surface area contributed by atoms with Gasteiger partial charge in [-0.3, -0.25) is 0 Å². The number of nitriles is 1. The molecule has 6 nitrogen and oxygen atoms in total. The van der Waals surface area contributed by atoms with Crippen molar-refractivity contribution in [3.05, 3.63) is 66.4 Å². The first-order valence-corrected chi connectivity index (χ1v) is 10.7. The number of hydrogen-bond acceptors (Lipinski definition) is 5. The zero-order chi connectivity index (χ0) is 19.6. The molecule has 0 amide bonds. The van der Waals surface area contributed by atoms with Crippen LogP contribution in [0, 0.1) is 11.3 Å². The second kappa shape index (κ2) is 7.58. The first kappa shape index (κ1) is 18.4. The van der Waals surface area contributed by atoms with Crippen LogP contribution in [0.3, 0.4) is 0 Å². The summed E-state index contributed by atoms with van der Waals surface area (Å²) >= 11 is 0. The summed E-state index contributed by atoms with van der Waals surface area (Å²) in [6.45, 7) is 1.42. The number of anilines is 1. The van der Waals surface area contributed by atoms with Gasteiger partial charge in [0.15, 0.2) is 0 Å². The lowest BCUT2D eigenvalue weighted by Gasteiger charge is -2.34. The molecule has 0 radical (unpaired) electrons. The van der Waals surface area contributed by atoms with Gasteiger partial charge in [-0.25, -0.2) is 18.1 Å². The highest BCUT2D eigenvalue weighted by Gasteiger charge is 2.25. The lowest BCUT2D eigenvalue weighted by atomic mass is 10.0. The van der Waals surface area contributed by atoms with Gasteiger partial charge in [-0.2, -0.15) is 5.26 Å². The van der Waals surface area contributed by atoms with E-state index in [0.717, 1.165) is 16.6 Å². The molecule has 1 saturated heterocycles. The largest absolute Gasteiger partial charge is 0.371 e. The van der Waals surface area contributed by atoms with E-state index in [1.54, 1.807) is 30.3 Å². The van der Waals surface area contributed by atoms with Crippen LogP contribution in [0.5, 0.6) is 0 Å². The fourth-order valence-corrected chi connectivity index (χ4v) is 4.93. The smallest absolute Gasteiger partial charge is 0.240 e. The summed E-state index contributed by atoms with van der Waals surface area (Å²) in [6.07, 6.45) is 1.40. The standard InChI is InChI=1S/C21H20N4O2S/c22-15-17-14-21(19-8-4-5-9-20(19)23-17)25-12-10-16(11-13-25)24-28(26,27)18-6-2-1-3-7-18/h1-9,14,16,24H,10-13H2. The number of sulfonamides is 1. The van der Waals surface area contributed by atoms with Crippen LogP contribution in [-0.2, 0) is 10.0 Å². The highest BCUT2D eigenvalue weighted by atomic mass is 32.2. The highest BCUT2D eigenvalue weighted by Crippen LogP contribution is 2.29. The summed E-state index contributed by atoms with van der Waals surface area (Å²) in [6, 6.07) is 20.1. The molecule has 1 aliphatic heterocycles. The Labute approximate surface area is 164 Å². The van der Waals surface area contributed by atoms with Crippen molar-refractivity contribution in [1.82, 2.24) is 9.71 Å². The van der Waals surface area contributed by atoms with Gasteiger partial charge in [-0.1, -0.05) is 36.4 Å². The molecule has 7 heteroatoms. The third-order valence-electron chi connectivity index (χ3n) is 5.02. The number of aromatic nitrogens is 1. The van der Waals surface area contributed by atoms with Gasteiger partial charge >= 0.3 is 0 Å². The van der Waals surface area contributed by atoms with Crippen molar-refractivity contribution in [2.75, 3.05) is 18.0 Å². The molecular weight excluding hydrogens is 372 g/mol. The Bertz CT molecular complexity index is 1130. The van der Waals surface area contributed by atoms with Crippen LogP contribution >= 0.6 is 0 Å². The Balaban J connectivity index is 1.51. The van der Waals surface area contributed by atoms with E-state index in [9.17, 15) is 13.7 Å². The lowest BCUT2D eigenvalue weighted by Crippen LogP contribution is -2.44. The topological polar surface area (TPSA) is 86.1 Å². The number of para-hydroxylation sites is 1. The summed E-state index contributed by atoms with van der Waals surface area (Å²) in [7, 11) is -3.51. The van der Waals surface area contributed by atoms with E-state index < -0.39 is 10.0 Å². The second-order valence-corrected chi connectivity index (χ2v) is 8.57. The molecule has 1 aliphatic rings. The fraction of sp³-hybridized carbons (Fsp3) is 0.238. The third-order valence-corrected chi connectivity index (χ3v) is 6.56. The summed E-state index contributed by atoms with van der Waals surface area (Å²) in [5.41, 5.74) is 2.16. The molecule has 0 saturated carbocycles. The molecular formula is C21H20N4O2S. The molecule has 1 N–H and O–H groups in total. The second-order valence-electron chi connectivity index (χ2n) is 6.85. The third kappa shape index (κ3) is 3.70. The van der Waals surface area contributed by atoms with Gasteiger partial charge in [0.05, 0.1) is 10.4 Å². The maximum Gasteiger partial charge on any atom is 0.240 e. The maximum absolute atomic E-state index is 12.5. The van der Waals surface area contributed by atoms with Crippen LogP contribution in [-0.4, -0.2) is 32.5 Å². The zero-order valence-electron chi connectivity index (χ0n) is 15.2. The van der Waals surface area contributed by atoms with E-state index in [4.69, 9.17) is 0 Å². The molecule has 142 valence electrons. The van der Waals surface area contributed by atoms with E-state index in [2.05, 4.69) is 20.7 Å². The number of rotatable bonds is 4. The molecule has 1 aromatic heterocycles.